The summed E-state index contributed by atoms with van der Waals surface area (Å²) in [4.78, 5) is 10.8. The minimum Gasteiger partial charge on any atom is -0.496 e. The third kappa shape index (κ3) is 4.91. The Kier molecular flexibility index (Phi) is 4.95. The minimum atomic E-state index is -0.907. The predicted molar refractivity (Wildman–Crippen MR) is 75.3 cm³/mol. The molecule has 106 valence electrons. The standard InChI is InChI=1S/C15H23NO3/c1-15(2,3)9-10-5-6-13(19-4)11(7-10)12(16)8-14(17)18/h5-7,12H,8-9,16H2,1-4H3,(H,17,18). The van der Waals surface area contributed by atoms with Crippen molar-refractivity contribution in [2.24, 2.45) is 11.1 Å². The molecule has 0 heterocycles. The lowest BCUT2D eigenvalue weighted by atomic mass is 9.87. The molecule has 1 aromatic rings. The van der Waals surface area contributed by atoms with Crippen molar-refractivity contribution in [3.8, 4) is 5.75 Å². The van der Waals surface area contributed by atoms with Crippen LogP contribution in [0.25, 0.3) is 0 Å². The van der Waals surface area contributed by atoms with Crippen LogP contribution in [0.1, 0.15) is 44.4 Å². The lowest BCUT2D eigenvalue weighted by molar-refractivity contribution is -0.137. The largest absolute Gasteiger partial charge is 0.496 e. The monoisotopic (exact) mass is 265 g/mol. The molecular weight excluding hydrogens is 242 g/mol. The van der Waals surface area contributed by atoms with Gasteiger partial charge in [-0.25, -0.2) is 0 Å². The second kappa shape index (κ2) is 6.06. The van der Waals surface area contributed by atoms with Gasteiger partial charge < -0.3 is 15.6 Å². The fourth-order valence-corrected chi connectivity index (χ4v) is 2.09. The van der Waals surface area contributed by atoms with E-state index in [4.69, 9.17) is 15.6 Å². The van der Waals surface area contributed by atoms with Crippen LogP contribution in [-0.4, -0.2) is 18.2 Å². The first kappa shape index (κ1) is 15.5. The van der Waals surface area contributed by atoms with Crippen LogP contribution in [-0.2, 0) is 11.2 Å². The van der Waals surface area contributed by atoms with Crippen LogP contribution in [0.2, 0.25) is 0 Å². The quantitative estimate of drug-likeness (QED) is 0.858. The maximum atomic E-state index is 10.8. The summed E-state index contributed by atoms with van der Waals surface area (Å²) in [7, 11) is 1.57. The highest BCUT2D eigenvalue weighted by Crippen LogP contribution is 2.29. The fraction of sp³-hybridized carbons (Fsp3) is 0.533. The Morgan fingerprint density at radius 3 is 2.53 bits per heavy atom. The van der Waals surface area contributed by atoms with Gasteiger partial charge in [-0.1, -0.05) is 32.9 Å². The predicted octanol–water partition coefficient (Wildman–Crippen LogP) is 2.76. The van der Waals surface area contributed by atoms with Crippen molar-refractivity contribution in [2.75, 3.05) is 7.11 Å². The van der Waals surface area contributed by atoms with E-state index in [1.54, 1.807) is 7.11 Å². The van der Waals surface area contributed by atoms with Gasteiger partial charge in [-0.05, 0) is 23.5 Å². The first-order valence-corrected chi connectivity index (χ1v) is 6.37. The Morgan fingerprint density at radius 1 is 1.42 bits per heavy atom. The molecule has 0 spiro atoms. The van der Waals surface area contributed by atoms with Crippen LogP contribution in [0.15, 0.2) is 18.2 Å². The fourth-order valence-electron chi connectivity index (χ4n) is 2.09. The number of methoxy groups -OCH3 is 1. The highest BCUT2D eigenvalue weighted by atomic mass is 16.5. The van der Waals surface area contributed by atoms with Crippen LogP contribution in [0.4, 0.5) is 0 Å². The molecule has 0 aliphatic rings. The summed E-state index contributed by atoms with van der Waals surface area (Å²) in [5, 5.41) is 8.84. The number of ether oxygens (including phenoxy) is 1. The Bertz CT molecular complexity index is 449. The Hall–Kier alpha value is -1.55. The van der Waals surface area contributed by atoms with E-state index in [1.807, 2.05) is 18.2 Å². The Balaban J connectivity index is 3.05. The van der Waals surface area contributed by atoms with Gasteiger partial charge in [0.05, 0.1) is 13.5 Å². The minimum absolute atomic E-state index is 0.102. The van der Waals surface area contributed by atoms with Gasteiger partial charge in [-0.3, -0.25) is 4.79 Å². The average molecular weight is 265 g/mol. The van der Waals surface area contributed by atoms with Crippen LogP contribution >= 0.6 is 0 Å². The van der Waals surface area contributed by atoms with Crippen molar-refractivity contribution in [3.05, 3.63) is 29.3 Å². The van der Waals surface area contributed by atoms with Crippen molar-refractivity contribution in [1.29, 1.82) is 0 Å². The molecule has 1 rings (SSSR count). The van der Waals surface area contributed by atoms with Gasteiger partial charge in [0.25, 0.3) is 0 Å². The third-order valence-electron chi connectivity index (χ3n) is 2.82. The second-order valence-electron chi connectivity index (χ2n) is 6.02. The SMILES string of the molecule is COc1ccc(CC(C)(C)C)cc1C(N)CC(=O)O. The Morgan fingerprint density at radius 2 is 2.05 bits per heavy atom. The van der Waals surface area contributed by atoms with Crippen molar-refractivity contribution < 1.29 is 14.6 Å². The van der Waals surface area contributed by atoms with Crippen molar-refractivity contribution >= 4 is 5.97 Å². The number of hydrogen-bond acceptors (Lipinski definition) is 3. The average Bonchev–Trinajstić information content (AvgIpc) is 2.25. The van der Waals surface area contributed by atoms with E-state index in [0.29, 0.717) is 5.75 Å². The van der Waals surface area contributed by atoms with E-state index in [9.17, 15) is 4.79 Å². The molecule has 3 N–H and O–H groups in total. The van der Waals surface area contributed by atoms with Gasteiger partial charge >= 0.3 is 5.97 Å². The lowest BCUT2D eigenvalue weighted by Gasteiger charge is -2.21. The van der Waals surface area contributed by atoms with Gasteiger partial charge in [0.15, 0.2) is 0 Å². The van der Waals surface area contributed by atoms with Crippen molar-refractivity contribution in [3.63, 3.8) is 0 Å². The van der Waals surface area contributed by atoms with Gasteiger partial charge in [0.1, 0.15) is 5.75 Å². The number of carboxylic acids is 1. The molecule has 0 fully saturated rings. The summed E-state index contributed by atoms with van der Waals surface area (Å²) in [6.07, 6.45) is 0.805. The summed E-state index contributed by atoms with van der Waals surface area (Å²) in [5.74, 6) is -0.262. The van der Waals surface area contributed by atoms with Gasteiger partial charge in [0.2, 0.25) is 0 Å². The highest BCUT2D eigenvalue weighted by molar-refractivity contribution is 5.68. The maximum Gasteiger partial charge on any atom is 0.305 e. The topological polar surface area (TPSA) is 72.5 Å². The number of benzene rings is 1. The maximum absolute atomic E-state index is 10.8. The van der Waals surface area contributed by atoms with Crippen LogP contribution in [0.5, 0.6) is 5.75 Å². The Labute approximate surface area is 114 Å². The van der Waals surface area contributed by atoms with E-state index < -0.39 is 12.0 Å². The molecule has 1 aromatic carbocycles. The molecule has 1 unspecified atom stereocenters. The molecule has 0 saturated carbocycles. The number of carboxylic acid groups (broad SMARTS) is 1. The number of nitrogens with two attached hydrogens (primary N) is 1. The highest BCUT2D eigenvalue weighted by Gasteiger charge is 2.18. The molecule has 0 aromatic heterocycles. The zero-order valence-electron chi connectivity index (χ0n) is 12.1. The van der Waals surface area contributed by atoms with Crippen molar-refractivity contribution in [2.45, 2.75) is 39.7 Å². The number of carbonyl (C=O) groups is 1. The molecule has 4 nitrogen and oxygen atoms in total. The zero-order chi connectivity index (χ0) is 14.6. The molecule has 1 atom stereocenters. The first-order valence-electron chi connectivity index (χ1n) is 6.37. The molecule has 19 heavy (non-hydrogen) atoms. The van der Waals surface area contributed by atoms with E-state index in [0.717, 1.165) is 17.5 Å². The van der Waals surface area contributed by atoms with E-state index in [2.05, 4.69) is 20.8 Å². The molecule has 0 bridgehead atoms. The lowest BCUT2D eigenvalue weighted by Crippen LogP contribution is -2.17. The molecule has 0 aliphatic heterocycles. The van der Waals surface area contributed by atoms with Gasteiger partial charge in [0, 0.05) is 11.6 Å². The normalized spacial score (nSPS) is 13.1. The number of rotatable bonds is 5. The summed E-state index contributed by atoms with van der Waals surface area (Å²) in [5.41, 5.74) is 8.01. The molecule has 0 radical (unpaired) electrons. The number of hydrogen-bond donors (Lipinski definition) is 2. The smallest absolute Gasteiger partial charge is 0.305 e. The van der Waals surface area contributed by atoms with Crippen LogP contribution in [0, 0.1) is 5.41 Å². The van der Waals surface area contributed by atoms with E-state index >= 15 is 0 Å². The molecule has 0 aliphatic carbocycles. The first-order chi connectivity index (χ1) is 8.73. The summed E-state index contributed by atoms with van der Waals surface area (Å²) < 4.78 is 5.26. The zero-order valence-corrected chi connectivity index (χ0v) is 12.1. The summed E-state index contributed by atoms with van der Waals surface area (Å²) in [6.45, 7) is 6.48. The second-order valence-corrected chi connectivity index (χ2v) is 6.02. The number of aliphatic carboxylic acids is 1. The van der Waals surface area contributed by atoms with Crippen LogP contribution in [0.3, 0.4) is 0 Å². The van der Waals surface area contributed by atoms with E-state index in [-0.39, 0.29) is 11.8 Å². The molecule has 0 saturated heterocycles. The van der Waals surface area contributed by atoms with Crippen molar-refractivity contribution in [1.82, 2.24) is 0 Å². The molecular formula is C15H23NO3. The summed E-state index contributed by atoms with van der Waals surface area (Å²) >= 11 is 0. The summed E-state index contributed by atoms with van der Waals surface area (Å²) in [6, 6.07) is 5.27. The van der Waals surface area contributed by atoms with E-state index in [1.165, 1.54) is 0 Å². The molecule has 0 amide bonds. The van der Waals surface area contributed by atoms with Gasteiger partial charge in [-0.15, -0.1) is 0 Å². The third-order valence-corrected chi connectivity index (χ3v) is 2.82. The van der Waals surface area contributed by atoms with Crippen LogP contribution < -0.4 is 10.5 Å². The van der Waals surface area contributed by atoms with Gasteiger partial charge in [-0.2, -0.15) is 0 Å². The molecule has 4 heteroatoms.